The summed E-state index contributed by atoms with van der Waals surface area (Å²) in [5, 5.41) is 7.34. The first-order chi connectivity index (χ1) is 25.2. The van der Waals surface area contributed by atoms with Crippen LogP contribution in [0.2, 0.25) is 0 Å². The standard InChI is InChI=1S/C48H30N2S/c1-3-12-31(13-4-1)35-18-11-19-36(26-35)37-24-25-41-45(28-37)51-46-29-42(39-20-9-10-21-40(39)47(41)46)48-49-43(33-15-5-2-6-16-33)30-44(50-48)38-23-22-32-14-7-8-17-34(32)27-38/h1-30H. The topological polar surface area (TPSA) is 25.8 Å². The van der Waals surface area contributed by atoms with Gasteiger partial charge in [-0.25, -0.2) is 9.97 Å². The van der Waals surface area contributed by atoms with E-state index < -0.39 is 0 Å². The van der Waals surface area contributed by atoms with Crippen LogP contribution in [0.25, 0.3) is 97.9 Å². The number of aromatic nitrogens is 2. The summed E-state index contributed by atoms with van der Waals surface area (Å²) in [5.74, 6) is 0.730. The van der Waals surface area contributed by atoms with E-state index in [2.05, 4.69) is 176 Å². The number of fused-ring (bicyclic) bond motifs is 6. The first-order valence-electron chi connectivity index (χ1n) is 17.2. The van der Waals surface area contributed by atoms with E-state index >= 15 is 0 Å². The molecule has 0 fully saturated rings. The molecule has 0 saturated heterocycles. The maximum atomic E-state index is 5.30. The number of benzene rings is 8. The zero-order valence-corrected chi connectivity index (χ0v) is 28.4. The Hall–Kier alpha value is -6.42. The van der Waals surface area contributed by atoms with E-state index in [4.69, 9.17) is 9.97 Å². The molecule has 8 aromatic carbocycles. The molecule has 0 spiro atoms. The highest BCUT2D eigenvalue weighted by Gasteiger charge is 2.18. The highest BCUT2D eigenvalue weighted by molar-refractivity contribution is 7.26. The molecule has 0 N–H and O–H groups in total. The van der Waals surface area contributed by atoms with Crippen LogP contribution < -0.4 is 0 Å². The molecule has 0 saturated carbocycles. The van der Waals surface area contributed by atoms with Crippen LogP contribution in [0.3, 0.4) is 0 Å². The quantitative estimate of drug-likeness (QED) is 0.183. The molecule has 0 aliphatic heterocycles. The van der Waals surface area contributed by atoms with Crippen molar-refractivity contribution in [2.24, 2.45) is 0 Å². The van der Waals surface area contributed by atoms with Gasteiger partial charge in [0.05, 0.1) is 11.4 Å². The van der Waals surface area contributed by atoms with E-state index in [1.54, 1.807) is 0 Å². The zero-order chi connectivity index (χ0) is 33.7. The lowest BCUT2D eigenvalue weighted by Crippen LogP contribution is -1.96. The third-order valence-corrected chi connectivity index (χ3v) is 11.0. The fourth-order valence-corrected chi connectivity index (χ4v) is 8.54. The summed E-state index contributed by atoms with van der Waals surface area (Å²) in [6.45, 7) is 0. The van der Waals surface area contributed by atoms with Crippen LogP contribution in [-0.2, 0) is 0 Å². The second-order valence-corrected chi connectivity index (χ2v) is 14.1. The molecule has 0 aliphatic rings. The van der Waals surface area contributed by atoms with Gasteiger partial charge in [-0.3, -0.25) is 0 Å². The van der Waals surface area contributed by atoms with Gasteiger partial charge in [-0.05, 0) is 74.1 Å². The maximum absolute atomic E-state index is 5.30. The number of rotatable bonds is 5. The van der Waals surface area contributed by atoms with E-state index in [1.807, 2.05) is 17.4 Å². The van der Waals surface area contributed by atoms with Gasteiger partial charge >= 0.3 is 0 Å². The van der Waals surface area contributed by atoms with Crippen LogP contribution in [-0.4, -0.2) is 9.97 Å². The highest BCUT2D eigenvalue weighted by atomic mass is 32.1. The molecule has 10 aromatic rings. The predicted molar refractivity (Wildman–Crippen MR) is 217 cm³/mol. The average molecular weight is 667 g/mol. The van der Waals surface area contributed by atoms with Crippen LogP contribution in [0, 0.1) is 0 Å². The maximum Gasteiger partial charge on any atom is 0.161 e. The van der Waals surface area contributed by atoms with Crippen LogP contribution in [0.15, 0.2) is 182 Å². The lowest BCUT2D eigenvalue weighted by atomic mass is 9.96. The first-order valence-corrected chi connectivity index (χ1v) is 18.0. The lowest BCUT2D eigenvalue weighted by molar-refractivity contribution is 1.19. The summed E-state index contributed by atoms with van der Waals surface area (Å²) in [7, 11) is 0. The van der Waals surface area contributed by atoms with Crippen molar-refractivity contribution in [2.75, 3.05) is 0 Å². The Morgan fingerprint density at radius 1 is 0.333 bits per heavy atom. The van der Waals surface area contributed by atoms with Gasteiger partial charge in [-0.2, -0.15) is 0 Å². The minimum absolute atomic E-state index is 0.730. The summed E-state index contributed by atoms with van der Waals surface area (Å²) in [4.78, 5) is 10.6. The molecule has 0 amide bonds. The highest BCUT2D eigenvalue weighted by Crippen LogP contribution is 2.44. The Bertz CT molecular complexity index is 2910. The molecule has 3 heteroatoms. The van der Waals surface area contributed by atoms with Gasteiger partial charge in [0.25, 0.3) is 0 Å². The van der Waals surface area contributed by atoms with Crippen molar-refractivity contribution in [3.8, 4) is 56.2 Å². The van der Waals surface area contributed by atoms with Crippen molar-refractivity contribution in [3.05, 3.63) is 182 Å². The Balaban J connectivity index is 1.16. The Morgan fingerprint density at radius 3 is 1.75 bits per heavy atom. The van der Waals surface area contributed by atoms with Crippen molar-refractivity contribution < 1.29 is 0 Å². The molecular weight excluding hydrogens is 637 g/mol. The molecular formula is C48H30N2S. The molecule has 2 aromatic heterocycles. The van der Waals surface area contributed by atoms with Gasteiger partial charge in [-0.15, -0.1) is 11.3 Å². The molecule has 0 radical (unpaired) electrons. The molecule has 0 unspecified atom stereocenters. The molecule has 0 atom stereocenters. The Kier molecular flexibility index (Phi) is 7.04. The van der Waals surface area contributed by atoms with Crippen molar-refractivity contribution >= 4 is 53.1 Å². The second-order valence-electron chi connectivity index (χ2n) is 13.0. The van der Waals surface area contributed by atoms with E-state index in [-0.39, 0.29) is 0 Å². The molecule has 238 valence electrons. The van der Waals surface area contributed by atoms with Crippen LogP contribution >= 0.6 is 11.3 Å². The van der Waals surface area contributed by atoms with Crippen LogP contribution in [0.4, 0.5) is 0 Å². The number of thiophene rings is 1. The van der Waals surface area contributed by atoms with Crippen LogP contribution in [0.5, 0.6) is 0 Å². The van der Waals surface area contributed by atoms with E-state index in [1.165, 1.54) is 58.6 Å². The number of nitrogens with zero attached hydrogens (tertiary/aromatic N) is 2. The summed E-state index contributed by atoms with van der Waals surface area (Å²) < 4.78 is 2.50. The monoisotopic (exact) mass is 666 g/mol. The Morgan fingerprint density at radius 2 is 0.941 bits per heavy atom. The van der Waals surface area contributed by atoms with Crippen molar-refractivity contribution in [1.82, 2.24) is 9.97 Å². The average Bonchev–Trinajstić information content (AvgIpc) is 3.59. The fourth-order valence-electron chi connectivity index (χ4n) is 7.33. The third kappa shape index (κ3) is 5.27. The van der Waals surface area contributed by atoms with Gasteiger partial charge in [0.15, 0.2) is 5.82 Å². The minimum Gasteiger partial charge on any atom is -0.228 e. The second kappa shape index (κ2) is 12.2. The molecule has 51 heavy (non-hydrogen) atoms. The molecule has 10 rings (SSSR count). The molecule has 0 aliphatic carbocycles. The van der Waals surface area contributed by atoms with Gasteiger partial charge in [0, 0.05) is 36.9 Å². The first kappa shape index (κ1) is 29.5. The normalized spacial score (nSPS) is 11.5. The predicted octanol–water partition coefficient (Wildman–Crippen LogP) is 13.5. The van der Waals surface area contributed by atoms with E-state index in [9.17, 15) is 0 Å². The minimum atomic E-state index is 0.730. The van der Waals surface area contributed by atoms with Gasteiger partial charge in [0.1, 0.15) is 0 Å². The SMILES string of the molecule is c1ccc(-c2cccc(-c3ccc4c(c3)sc3cc(-c5nc(-c6ccccc6)cc(-c6ccc7ccccc7c6)n5)c5ccccc5c34)c2)cc1. The van der Waals surface area contributed by atoms with E-state index in [0.717, 1.165) is 39.3 Å². The summed E-state index contributed by atoms with van der Waals surface area (Å²) in [5.41, 5.74) is 9.89. The van der Waals surface area contributed by atoms with Crippen LogP contribution in [0.1, 0.15) is 0 Å². The van der Waals surface area contributed by atoms with Gasteiger partial charge < -0.3 is 0 Å². The van der Waals surface area contributed by atoms with Crippen molar-refractivity contribution in [2.45, 2.75) is 0 Å². The van der Waals surface area contributed by atoms with Crippen molar-refractivity contribution in [3.63, 3.8) is 0 Å². The molecule has 0 bridgehead atoms. The summed E-state index contributed by atoms with van der Waals surface area (Å²) >= 11 is 1.84. The van der Waals surface area contributed by atoms with Crippen molar-refractivity contribution in [1.29, 1.82) is 0 Å². The largest absolute Gasteiger partial charge is 0.228 e. The number of hydrogen-bond acceptors (Lipinski definition) is 3. The lowest BCUT2D eigenvalue weighted by Gasteiger charge is -2.12. The third-order valence-electron chi connectivity index (χ3n) is 9.86. The smallest absolute Gasteiger partial charge is 0.161 e. The Labute approximate surface area is 300 Å². The van der Waals surface area contributed by atoms with Gasteiger partial charge in [-0.1, -0.05) is 152 Å². The van der Waals surface area contributed by atoms with E-state index in [0.29, 0.717) is 0 Å². The summed E-state index contributed by atoms with van der Waals surface area (Å²) in [6.07, 6.45) is 0. The van der Waals surface area contributed by atoms with Gasteiger partial charge in [0.2, 0.25) is 0 Å². The fraction of sp³-hybridized carbons (Fsp3) is 0. The zero-order valence-electron chi connectivity index (χ0n) is 27.6. The summed E-state index contributed by atoms with van der Waals surface area (Å²) in [6, 6.07) is 65.0. The number of hydrogen-bond donors (Lipinski definition) is 0. The molecule has 2 heterocycles. The molecule has 2 nitrogen and oxygen atoms in total.